The molecule has 0 saturated carbocycles. The predicted octanol–water partition coefficient (Wildman–Crippen LogP) is 4.63. The zero-order chi connectivity index (χ0) is 16.8. The van der Waals surface area contributed by atoms with Crippen LogP contribution in [0.3, 0.4) is 0 Å². The highest BCUT2D eigenvalue weighted by molar-refractivity contribution is 9.11. The van der Waals surface area contributed by atoms with Gasteiger partial charge >= 0.3 is 0 Å². The number of anilines is 1. The maximum Gasteiger partial charge on any atom is 0.259 e. The molecule has 0 unspecified atom stereocenters. The Labute approximate surface area is 150 Å². The van der Waals surface area contributed by atoms with E-state index < -0.39 is 5.82 Å². The molecule has 0 aromatic heterocycles. The van der Waals surface area contributed by atoms with Gasteiger partial charge in [0.15, 0.2) is 0 Å². The van der Waals surface area contributed by atoms with Crippen molar-refractivity contribution in [2.75, 3.05) is 25.6 Å². The van der Waals surface area contributed by atoms with Gasteiger partial charge in [0, 0.05) is 16.1 Å². The van der Waals surface area contributed by atoms with Crippen molar-refractivity contribution in [3.05, 3.63) is 56.7 Å². The van der Waals surface area contributed by atoms with E-state index in [0.717, 1.165) is 0 Å². The van der Waals surface area contributed by atoms with Crippen molar-refractivity contribution >= 4 is 43.5 Å². The molecular weight excluding hydrogens is 433 g/mol. The van der Waals surface area contributed by atoms with E-state index in [1.54, 1.807) is 31.4 Å². The average molecular weight is 447 g/mol. The molecule has 0 aliphatic rings. The number of carbonyl (C=O) groups is 1. The maximum atomic E-state index is 13.3. The lowest BCUT2D eigenvalue weighted by molar-refractivity contribution is 0.101. The number of hydrogen-bond acceptors (Lipinski definition) is 3. The molecule has 0 spiro atoms. The first-order valence-corrected chi connectivity index (χ1v) is 8.28. The zero-order valence-electron chi connectivity index (χ0n) is 12.2. The summed E-state index contributed by atoms with van der Waals surface area (Å²) in [6.45, 7) is 0.760. The summed E-state index contributed by atoms with van der Waals surface area (Å²) in [5.41, 5.74) is 0.829. The molecule has 0 atom stereocenters. The standard InChI is InChI=1S/C16H14Br2FNO3/c1-22-6-7-23-14-5-3-2-4-11(14)16(21)20-15-12(17)8-10(19)9-13(15)18/h2-5,8-9H,6-7H2,1H3,(H,20,21). The molecule has 2 aromatic rings. The highest BCUT2D eigenvalue weighted by Gasteiger charge is 2.16. The quantitative estimate of drug-likeness (QED) is 0.658. The first kappa shape index (κ1) is 17.9. The highest BCUT2D eigenvalue weighted by atomic mass is 79.9. The first-order valence-electron chi connectivity index (χ1n) is 6.69. The number of ether oxygens (including phenoxy) is 2. The fourth-order valence-electron chi connectivity index (χ4n) is 1.86. The minimum Gasteiger partial charge on any atom is -0.490 e. The highest BCUT2D eigenvalue weighted by Crippen LogP contribution is 2.33. The molecule has 1 N–H and O–H groups in total. The smallest absolute Gasteiger partial charge is 0.259 e. The molecule has 0 fully saturated rings. The molecule has 0 saturated heterocycles. The van der Waals surface area contributed by atoms with Gasteiger partial charge in [0.05, 0.1) is 17.9 Å². The lowest BCUT2D eigenvalue weighted by Gasteiger charge is -2.13. The van der Waals surface area contributed by atoms with Crippen LogP contribution in [0, 0.1) is 5.82 Å². The van der Waals surface area contributed by atoms with Crippen LogP contribution >= 0.6 is 31.9 Å². The topological polar surface area (TPSA) is 47.6 Å². The maximum absolute atomic E-state index is 13.3. The number of halogens is 3. The van der Waals surface area contributed by atoms with Crippen LogP contribution in [0.1, 0.15) is 10.4 Å². The van der Waals surface area contributed by atoms with Gasteiger partial charge in [0.25, 0.3) is 5.91 Å². The Balaban J connectivity index is 2.21. The van der Waals surface area contributed by atoms with E-state index in [1.165, 1.54) is 12.1 Å². The molecule has 0 bridgehead atoms. The number of amides is 1. The molecular formula is C16H14Br2FNO3. The lowest BCUT2D eigenvalue weighted by Crippen LogP contribution is -2.15. The molecule has 7 heteroatoms. The van der Waals surface area contributed by atoms with E-state index in [9.17, 15) is 9.18 Å². The summed E-state index contributed by atoms with van der Waals surface area (Å²) in [5.74, 6) is -0.313. The van der Waals surface area contributed by atoms with Gasteiger partial charge in [-0.15, -0.1) is 0 Å². The number of rotatable bonds is 6. The number of methoxy groups -OCH3 is 1. The number of para-hydroxylation sites is 1. The van der Waals surface area contributed by atoms with Gasteiger partial charge < -0.3 is 14.8 Å². The Morgan fingerprint density at radius 3 is 2.48 bits per heavy atom. The molecule has 122 valence electrons. The Morgan fingerprint density at radius 2 is 1.83 bits per heavy atom. The van der Waals surface area contributed by atoms with Crippen LogP contribution in [-0.4, -0.2) is 26.2 Å². The second-order valence-corrected chi connectivity index (χ2v) is 6.24. The van der Waals surface area contributed by atoms with Crippen molar-refractivity contribution in [2.45, 2.75) is 0 Å². The minimum atomic E-state index is -0.412. The SMILES string of the molecule is COCCOc1ccccc1C(=O)Nc1c(Br)cc(F)cc1Br. The van der Waals surface area contributed by atoms with Crippen molar-refractivity contribution < 1.29 is 18.7 Å². The second-order valence-electron chi connectivity index (χ2n) is 4.54. The summed E-state index contributed by atoms with van der Waals surface area (Å²) >= 11 is 6.47. The van der Waals surface area contributed by atoms with Gasteiger partial charge in [0.1, 0.15) is 18.2 Å². The summed E-state index contributed by atoms with van der Waals surface area (Å²) in [6, 6.07) is 9.44. The molecule has 1 amide bonds. The molecule has 2 aromatic carbocycles. The van der Waals surface area contributed by atoms with Crippen LogP contribution in [0.15, 0.2) is 45.3 Å². The molecule has 2 rings (SSSR count). The fraction of sp³-hybridized carbons (Fsp3) is 0.188. The fourth-order valence-corrected chi connectivity index (χ4v) is 3.19. The van der Waals surface area contributed by atoms with E-state index in [1.807, 2.05) is 0 Å². The third-order valence-electron chi connectivity index (χ3n) is 2.92. The van der Waals surface area contributed by atoms with Gasteiger partial charge in [-0.2, -0.15) is 0 Å². The lowest BCUT2D eigenvalue weighted by atomic mass is 10.2. The van der Waals surface area contributed by atoms with E-state index in [0.29, 0.717) is 39.2 Å². The molecule has 0 aliphatic heterocycles. The van der Waals surface area contributed by atoms with Crippen LogP contribution < -0.4 is 10.1 Å². The van der Waals surface area contributed by atoms with Crippen LogP contribution in [-0.2, 0) is 4.74 Å². The van der Waals surface area contributed by atoms with Gasteiger partial charge in [-0.25, -0.2) is 4.39 Å². The third-order valence-corrected chi connectivity index (χ3v) is 4.17. The van der Waals surface area contributed by atoms with Crippen molar-refractivity contribution in [2.24, 2.45) is 0 Å². The summed E-state index contributed by atoms with van der Waals surface area (Å²) in [5, 5.41) is 2.74. The number of nitrogens with one attached hydrogen (secondary N) is 1. The number of benzene rings is 2. The van der Waals surface area contributed by atoms with Crippen molar-refractivity contribution in [3.8, 4) is 5.75 Å². The van der Waals surface area contributed by atoms with Crippen LogP contribution in [0.25, 0.3) is 0 Å². The largest absolute Gasteiger partial charge is 0.490 e. The van der Waals surface area contributed by atoms with Gasteiger partial charge in [-0.05, 0) is 56.1 Å². The van der Waals surface area contributed by atoms with Gasteiger partial charge in [-0.3, -0.25) is 4.79 Å². The van der Waals surface area contributed by atoms with Gasteiger partial charge in [0.2, 0.25) is 0 Å². The first-order chi connectivity index (χ1) is 11.0. The Hall–Kier alpha value is -1.44. The molecule has 23 heavy (non-hydrogen) atoms. The summed E-state index contributed by atoms with van der Waals surface area (Å²) in [4.78, 5) is 12.5. The van der Waals surface area contributed by atoms with Crippen molar-refractivity contribution in [3.63, 3.8) is 0 Å². The van der Waals surface area contributed by atoms with Crippen molar-refractivity contribution in [1.29, 1.82) is 0 Å². The predicted molar refractivity (Wildman–Crippen MR) is 93.6 cm³/mol. The summed E-state index contributed by atoms with van der Waals surface area (Å²) < 4.78 is 24.7. The Bertz CT molecular complexity index is 686. The monoisotopic (exact) mass is 445 g/mol. The third kappa shape index (κ3) is 4.76. The Morgan fingerprint density at radius 1 is 1.17 bits per heavy atom. The van der Waals surface area contributed by atoms with E-state index in [4.69, 9.17) is 9.47 Å². The summed E-state index contributed by atoms with van der Waals surface area (Å²) in [6.07, 6.45) is 0. The average Bonchev–Trinajstić information content (AvgIpc) is 2.51. The molecule has 4 nitrogen and oxygen atoms in total. The van der Waals surface area contributed by atoms with E-state index in [2.05, 4.69) is 37.2 Å². The molecule has 0 heterocycles. The summed E-state index contributed by atoms with van der Waals surface area (Å²) in [7, 11) is 1.57. The van der Waals surface area contributed by atoms with E-state index in [-0.39, 0.29) is 5.91 Å². The van der Waals surface area contributed by atoms with Gasteiger partial charge in [-0.1, -0.05) is 12.1 Å². The minimum absolute atomic E-state index is 0.338. The van der Waals surface area contributed by atoms with Crippen molar-refractivity contribution in [1.82, 2.24) is 0 Å². The Kier molecular flexibility index (Phi) is 6.56. The number of carbonyl (C=O) groups excluding carboxylic acids is 1. The normalized spacial score (nSPS) is 10.4. The van der Waals surface area contributed by atoms with Crippen LogP contribution in [0.2, 0.25) is 0 Å². The second kappa shape index (κ2) is 8.42. The molecule has 0 aliphatic carbocycles. The van der Waals surface area contributed by atoms with Crippen LogP contribution in [0.5, 0.6) is 5.75 Å². The zero-order valence-corrected chi connectivity index (χ0v) is 15.4. The van der Waals surface area contributed by atoms with E-state index >= 15 is 0 Å². The number of hydrogen-bond donors (Lipinski definition) is 1. The molecule has 0 radical (unpaired) electrons. The van der Waals surface area contributed by atoms with Crippen LogP contribution in [0.4, 0.5) is 10.1 Å².